The van der Waals surface area contributed by atoms with E-state index in [4.69, 9.17) is 4.74 Å². The van der Waals surface area contributed by atoms with Crippen LogP contribution in [0.5, 0.6) is 0 Å². The van der Waals surface area contributed by atoms with Crippen molar-refractivity contribution in [3.63, 3.8) is 0 Å². The van der Waals surface area contributed by atoms with Crippen molar-refractivity contribution in [1.29, 1.82) is 0 Å². The van der Waals surface area contributed by atoms with Gasteiger partial charge in [-0.25, -0.2) is 13.2 Å². The summed E-state index contributed by atoms with van der Waals surface area (Å²) in [6.07, 6.45) is 8.46. The Balaban J connectivity index is 1.43. The van der Waals surface area contributed by atoms with E-state index in [2.05, 4.69) is 6.92 Å². The van der Waals surface area contributed by atoms with E-state index >= 15 is 0 Å². The molecule has 1 aliphatic heterocycles. The predicted octanol–water partition coefficient (Wildman–Crippen LogP) is 3.38. The first-order valence-corrected chi connectivity index (χ1v) is 13.8. The van der Waals surface area contributed by atoms with Crippen molar-refractivity contribution in [1.82, 2.24) is 4.90 Å². The van der Waals surface area contributed by atoms with Crippen LogP contribution in [0, 0.1) is 5.92 Å². The number of fused-ring (bicyclic) bond motifs is 1. The van der Waals surface area contributed by atoms with Crippen molar-refractivity contribution in [3.05, 3.63) is 21.4 Å². The van der Waals surface area contributed by atoms with Gasteiger partial charge in [-0.15, -0.1) is 11.3 Å². The van der Waals surface area contributed by atoms with Crippen LogP contribution >= 0.6 is 11.3 Å². The average Bonchev–Trinajstić information content (AvgIpc) is 3.29. The minimum Gasteiger partial charge on any atom is -0.452 e. The summed E-state index contributed by atoms with van der Waals surface area (Å²) in [4.78, 5) is 28.8. The summed E-state index contributed by atoms with van der Waals surface area (Å²) in [6, 6.07) is -0.238. The van der Waals surface area contributed by atoms with Gasteiger partial charge in [-0.2, -0.15) is 0 Å². The SMILES string of the molecule is CC1CCc2c(C(=O)OCC(=O)N(C3CCCCC3)C3CCS(=O)(=O)C3)csc2C1. The van der Waals surface area contributed by atoms with Crippen molar-refractivity contribution in [2.24, 2.45) is 5.92 Å². The molecule has 1 amide bonds. The van der Waals surface area contributed by atoms with Crippen LogP contribution in [0.3, 0.4) is 0 Å². The first-order valence-electron chi connectivity index (χ1n) is 11.1. The molecule has 1 saturated heterocycles. The maximum Gasteiger partial charge on any atom is 0.339 e. The number of sulfone groups is 1. The molecular weight excluding hydrogens is 422 g/mol. The second-order valence-corrected chi connectivity index (χ2v) is 12.3. The highest BCUT2D eigenvalue weighted by molar-refractivity contribution is 7.91. The predicted molar refractivity (Wildman–Crippen MR) is 117 cm³/mol. The number of hydrogen-bond acceptors (Lipinski definition) is 6. The summed E-state index contributed by atoms with van der Waals surface area (Å²) >= 11 is 1.60. The third-order valence-corrected chi connectivity index (χ3v) is 9.61. The number of esters is 1. The van der Waals surface area contributed by atoms with Crippen LogP contribution in [0.25, 0.3) is 0 Å². The van der Waals surface area contributed by atoms with E-state index in [1.807, 2.05) is 5.38 Å². The Bertz CT molecular complexity index is 901. The zero-order valence-electron chi connectivity index (χ0n) is 17.6. The summed E-state index contributed by atoms with van der Waals surface area (Å²) < 4.78 is 29.5. The van der Waals surface area contributed by atoms with Gasteiger partial charge in [0.1, 0.15) is 0 Å². The second-order valence-electron chi connectivity index (χ2n) is 9.12. The molecule has 0 bridgehead atoms. The summed E-state index contributed by atoms with van der Waals surface area (Å²) in [5, 5.41) is 1.86. The Hall–Kier alpha value is -1.41. The molecule has 2 aliphatic carbocycles. The van der Waals surface area contributed by atoms with Gasteiger partial charge >= 0.3 is 5.97 Å². The van der Waals surface area contributed by atoms with Crippen molar-refractivity contribution in [2.45, 2.75) is 76.8 Å². The van der Waals surface area contributed by atoms with E-state index < -0.39 is 15.8 Å². The lowest BCUT2D eigenvalue weighted by Gasteiger charge is -2.38. The van der Waals surface area contributed by atoms with E-state index in [1.54, 1.807) is 16.2 Å². The average molecular weight is 454 g/mol. The van der Waals surface area contributed by atoms with Crippen LogP contribution in [0.1, 0.15) is 72.7 Å². The molecule has 2 atom stereocenters. The Morgan fingerprint density at radius 3 is 2.60 bits per heavy atom. The van der Waals surface area contributed by atoms with Gasteiger partial charge in [-0.3, -0.25) is 4.79 Å². The van der Waals surface area contributed by atoms with Gasteiger partial charge in [0.2, 0.25) is 0 Å². The fraction of sp³-hybridized carbons (Fsp3) is 0.727. The van der Waals surface area contributed by atoms with Gasteiger partial charge in [0, 0.05) is 22.3 Å². The number of carbonyl (C=O) groups is 2. The highest BCUT2D eigenvalue weighted by Gasteiger charge is 2.39. The van der Waals surface area contributed by atoms with Gasteiger partial charge in [0.25, 0.3) is 5.91 Å². The molecule has 8 heteroatoms. The third kappa shape index (κ3) is 4.74. The van der Waals surface area contributed by atoms with E-state index in [0.717, 1.165) is 56.9 Å². The van der Waals surface area contributed by atoms with E-state index in [1.165, 1.54) is 4.88 Å². The van der Waals surface area contributed by atoms with Crippen LogP contribution in [0.15, 0.2) is 5.38 Å². The molecule has 166 valence electrons. The Kier molecular flexibility index (Phi) is 6.53. The van der Waals surface area contributed by atoms with Crippen molar-refractivity contribution >= 4 is 33.1 Å². The van der Waals surface area contributed by atoms with E-state index in [0.29, 0.717) is 17.9 Å². The molecule has 1 aromatic heterocycles. The molecule has 2 heterocycles. The highest BCUT2D eigenvalue weighted by atomic mass is 32.2. The summed E-state index contributed by atoms with van der Waals surface area (Å²) in [6.45, 7) is 1.91. The maximum atomic E-state index is 13.1. The summed E-state index contributed by atoms with van der Waals surface area (Å²) in [5.41, 5.74) is 1.68. The zero-order valence-corrected chi connectivity index (χ0v) is 19.2. The minimum absolute atomic E-state index is 0.0272. The topological polar surface area (TPSA) is 80.8 Å². The Morgan fingerprint density at radius 1 is 1.13 bits per heavy atom. The molecule has 30 heavy (non-hydrogen) atoms. The monoisotopic (exact) mass is 453 g/mol. The van der Waals surface area contributed by atoms with Gasteiger partial charge in [0.05, 0.1) is 17.1 Å². The first-order chi connectivity index (χ1) is 14.3. The quantitative estimate of drug-likeness (QED) is 0.639. The molecule has 6 nitrogen and oxygen atoms in total. The lowest BCUT2D eigenvalue weighted by Crippen LogP contribution is -2.50. The molecule has 0 spiro atoms. The molecule has 1 aromatic rings. The van der Waals surface area contributed by atoms with Crippen molar-refractivity contribution in [3.8, 4) is 0 Å². The summed E-state index contributed by atoms with van der Waals surface area (Å²) in [5.74, 6) is 0.105. The largest absolute Gasteiger partial charge is 0.452 e. The number of thiophene rings is 1. The molecule has 0 N–H and O–H groups in total. The van der Waals surface area contributed by atoms with Crippen molar-refractivity contribution < 1.29 is 22.7 Å². The van der Waals surface area contributed by atoms with Gasteiger partial charge in [-0.05, 0) is 50.0 Å². The number of amides is 1. The summed E-state index contributed by atoms with van der Waals surface area (Å²) in [7, 11) is -3.09. The number of ether oxygens (including phenoxy) is 1. The minimum atomic E-state index is -3.09. The Morgan fingerprint density at radius 2 is 1.90 bits per heavy atom. The van der Waals surface area contributed by atoms with Crippen LogP contribution < -0.4 is 0 Å². The molecule has 1 saturated carbocycles. The number of hydrogen-bond donors (Lipinski definition) is 0. The molecule has 2 unspecified atom stereocenters. The molecule has 0 radical (unpaired) electrons. The standard InChI is InChI=1S/C22H31NO5S2/c1-15-7-8-18-19(13-29-20(18)11-15)22(25)28-12-21(24)23(16-5-3-2-4-6-16)17-9-10-30(26,27)14-17/h13,15-17H,2-12,14H2,1H3. The lowest BCUT2D eigenvalue weighted by atomic mass is 9.88. The van der Waals surface area contributed by atoms with E-state index in [-0.39, 0.29) is 36.1 Å². The van der Waals surface area contributed by atoms with Crippen LogP contribution in [-0.2, 0) is 32.2 Å². The van der Waals surface area contributed by atoms with Crippen LogP contribution in [0.4, 0.5) is 0 Å². The molecule has 3 aliphatic rings. The molecule has 2 fully saturated rings. The highest BCUT2D eigenvalue weighted by Crippen LogP contribution is 2.33. The fourth-order valence-corrected chi connectivity index (χ4v) is 8.13. The van der Waals surface area contributed by atoms with Gasteiger partial charge in [-0.1, -0.05) is 26.2 Å². The molecule has 4 rings (SSSR count). The van der Waals surface area contributed by atoms with Crippen LogP contribution in [-0.4, -0.2) is 55.4 Å². The molecular formula is C22H31NO5S2. The maximum absolute atomic E-state index is 13.1. The second kappa shape index (κ2) is 8.99. The first kappa shape index (κ1) is 21.8. The number of carbonyl (C=O) groups excluding carboxylic acids is 2. The number of rotatable bonds is 5. The molecule has 0 aromatic carbocycles. The zero-order chi connectivity index (χ0) is 21.3. The van der Waals surface area contributed by atoms with E-state index in [9.17, 15) is 18.0 Å². The smallest absolute Gasteiger partial charge is 0.339 e. The Labute approximate surface area is 182 Å². The third-order valence-electron chi connectivity index (χ3n) is 6.81. The van der Waals surface area contributed by atoms with Gasteiger partial charge in [0.15, 0.2) is 16.4 Å². The normalized spacial score (nSPS) is 26.2. The number of nitrogens with zero attached hydrogens (tertiary/aromatic N) is 1. The van der Waals surface area contributed by atoms with Crippen LogP contribution in [0.2, 0.25) is 0 Å². The lowest BCUT2D eigenvalue weighted by molar-refractivity contribution is -0.140. The van der Waals surface area contributed by atoms with Crippen molar-refractivity contribution in [2.75, 3.05) is 18.1 Å². The van der Waals surface area contributed by atoms with Gasteiger partial charge < -0.3 is 9.64 Å². The fourth-order valence-electron chi connectivity index (χ4n) is 5.19.